The van der Waals surface area contributed by atoms with E-state index in [1.165, 1.54) is 0 Å². The number of benzene rings is 1. The summed E-state index contributed by atoms with van der Waals surface area (Å²) in [6.07, 6.45) is 2.97. The highest BCUT2D eigenvalue weighted by atomic mass is 28.4. The molecule has 0 aliphatic rings. The van der Waals surface area contributed by atoms with Crippen LogP contribution in [0.5, 0.6) is 0 Å². The molecule has 0 heterocycles. The number of carbonyl (C=O) groups excluding carboxylic acids is 2. The second-order valence-electron chi connectivity index (χ2n) is 7.67. The van der Waals surface area contributed by atoms with Crippen LogP contribution < -0.4 is 0 Å². The molecule has 7 heteroatoms. The zero-order chi connectivity index (χ0) is 19.6. The smallest absolute Gasteiger partial charge is 0.331 e. The lowest BCUT2D eigenvalue weighted by atomic mass is 10.2. The molecule has 0 fully saturated rings. The third kappa shape index (κ3) is 11.0. The van der Waals surface area contributed by atoms with Gasteiger partial charge in [-0.15, -0.1) is 0 Å². The van der Waals surface area contributed by atoms with E-state index in [2.05, 4.69) is 32.7 Å². The van der Waals surface area contributed by atoms with Crippen molar-refractivity contribution >= 4 is 28.6 Å². The summed E-state index contributed by atoms with van der Waals surface area (Å²) in [5, 5.41) is 0. The van der Waals surface area contributed by atoms with Gasteiger partial charge >= 0.3 is 11.9 Å². The summed E-state index contributed by atoms with van der Waals surface area (Å²) >= 11 is 0. The van der Waals surface area contributed by atoms with Gasteiger partial charge in [0.1, 0.15) is 6.61 Å². The van der Waals surface area contributed by atoms with E-state index >= 15 is 0 Å². The van der Waals surface area contributed by atoms with Crippen molar-refractivity contribution in [2.75, 3.05) is 6.61 Å². The van der Waals surface area contributed by atoms with E-state index in [4.69, 9.17) is 13.6 Å². The van der Waals surface area contributed by atoms with Gasteiger partial charge in [0.15, 0.2) is 16.6 Å². The monoisotopic (exact) mass is 394 g/mol. The molecule has 5 nitrogen and oxygen atoms in total. The Bertz CT molecular complexity index is 606. The third-order valence-electron chi connectivity index (χ3n) is 3.33. The lowest BCUT2D eigenvalue weighted by molar-refractivity contribution is -0.141. The Morgan fingerprint density at radius 1 is 0.923 bits per heavy atom. The molecule has 0 bridgehead atoms. The Morgan fingerprint density at radius 3 is 2.08 bits per heavy atom. The van der Waals surface area contributed by atoms with E-state index in [1.54, 1.807) is 0 Å². The van der Waals surface area contributed by atoms with Crippen LogP contribution in [0.4, 0.5) is 0 Å². The summed E-state index contributed by atoms with van der Waals surface area (Å²) in [5.41, 5.74) is 0.893. The first-order valence-corrected chi connectivity index (χ1v) is 15.4. The van der Waals surface area contributed by atoms with Crippen molar-refractivity contribution in [3.05, 3.63) is 48.0 Å². The van der Waals surface area contributed by atoms with Crippen LogP contribution in [0.25, 0.3) is 0 Å². The first-order chi connectivity index (χ1) is 12.1. The molecule has 1 aromatic rings. The van der Waals surface area contributed by atoms with Crippen molar-refractivity contribution in [1.29, 1.82) is 0 Å². The van der Waals surface area contributed by atoms with Crippen molar-refractivity contribution in [3.63, 3.8) is 0 Å². The minimum atomic E-state index is -1.71. The van der Waals surface area contributed by atoms with Gasteiger partial charge in [0.25, 0.3) is 0 Å². The van der Waals surface area contributed by atoms with Crippen LogP contribution in [0.15, 0.2) is 42.5 Å². The minimum Gasteiger partial charge on any atom is -0.463 e. The van der Waals surface area contributed by atoms with Gasteiger partial charge in [0.05, 0.1) is 6.61 Å². The van der Waals surface area contributed by atoms with Crippen LogP contribution in [-0.4, -0.2) is 35.2 Å². The summed E-state index contributed by atoms with van der Waals surface area (Å²) in [6, 6.07) is 10.3. The molecular weight excluding hydrogens is 364 g/mol. The predicted octanol–water partition coefficient (Wildman–Crippen LogP) is 4.28. The van der Waals surface area contributed by atoms with Crippen LogP contribution in [0.3, 0.4) is 0 Å². The predicted molar refractivity (Wildman–Crippen MR) is 108 cm³/mol. The average Bonchev–Trinajstić information content (AvgIpc) is 2.54. The number of rotatable bonds is 10. The van der Waals surface area contributed by atoms with E-state index in [-0.39, 0.29) is 6.61 Å². The molecule has 0 atom stereocenters. The van der Waals surface area contributed by atoms with Crippen LogP contribution in [0.2, 0.25) is 38.8 Å². The molecule has 0 amide bonds. The van der Waals surface area contributed by atoms with Crippen LogP contribution >= 0.6 is 0 Å². The van der Waals surface area contributed by atoms with E-state index in [0.29, 0.717) is 6.61 Å². The maximum absolute atomic E-state index is 11.6. The highest BCUT2D eigenvalue weighted by Crippen LogP contribution is 2.19. The van der Waals surface area contributed by atoms with E-state index in [1.807, 2.05) is 30.3 Å². The number of ether oxygens (including phenoxy) is 2. The fourth-order valence-electron chi connectivity index (χ4n) is 2.51. The second kappa shape index (κ2) is 10.4. The van der Waals surface area contributed by atoms with Crippen LogP contribution in [0.1, 0.15) is 12.0 Å². The molecule has 0 aromatic heterocycles. The first kappa shape index (κ1) is 22.3. The summed E-state index contributed by atoms with van der Waals surface area (Å²) in [6.45, 7) is 11.4. The van der Waals surface area contributed by atoms with Gasteiger partial charge in [0.2, 0.25) is 0 Å². The number of esters is 2. The summed E-state index contributed by atoms with van der Waals surface area (Å²) in [4.78, 5) is 23.2. The van der Waals surface area contributed by atoms with Gasteiger partial charge in [-0.1, -0.05) is 30.3 Å². The minimum absolute atomic E-state index is 0.176. The van der Waals surface area contributed by atoms with Crippen molar-refractivity contribution in [2.45, 2.75) is 51.8 Å². The molecule has 0 N–H and O–H groups in total. The number of hydrogen-bond donors (Lipinski definition) is 0. The normalized spacial score (nSPS) is 12.2. The Hall–Kier alpha value is -1.71. The first-order valence-electron chi connectivity index (χ1n) is 8.83. The molecule has 0 radical (unpaired) electrons. The van der Waals surface area contributed by atoms with E-state index in [9.17, 15) is 9.59 Å². The average molecular weight is 395 g/mol. The molecule has 0 saturated heterocycles. The molecule has 1 rings (SSSR count). The Balaban J connectivity index is 2.23. The van der Waals surface area contributed by atoms with E-state index in [0.717, 1.165) is 30.2 Å². The summed E-state index contributed by atoms with van der Waals surface area (Å²) < 4.78 is 16.4. The lowest BCUT2D eigenvalue weighted by Crippen LogP contribution is -2.42. The quantitative estimate of drug-likeness (QED) is 0.257. The maximum atomic E-state index is 11.6. The second-order valence-corrected chi connectivity index (χ2v) is 16.7. The molecule has 144 valence electrons. The molecule has 0 saturated carbocycles. The molecular formula is C19H30O5Si2. The Kier molecular flexibility index (Phi) is 8.97. The zero-order valence-corrected chi connectivity index (χ0v) is 18.4. The van der Waals surface area contributed by atoms with Crippen molar-refractivity contribution in [2.24, 2.45) is 0 Å². The Morgan fingerprint density at radius 2 is 1.50 bits per heavy atom. The van der Waals surface area contributed by atoms with Gasteiger partial charge < -0.3 is 13.6 Å². The van der Waals surface area contributed by atoms with Gasteiger partial charge in [0, 0.05) is 12.2 Å². The van der Waals surface area contributed by atoms with E-state index < -0.39 is 28.6 Å². The summed E-state index contributed by atoms with van der Waals surface area (Å²) in [7, 11) is -3.25. The molecule has 0 spiro atoms. The highest BCUT2D eigenvalue weighted by molar-refractivity contribution is 6.84. The zero-order valence-electron chi connectivity index (χ0n) is 16.4. The van der Waals surface area contributed by atoms with Crippen molar-refractivity contribution in [3.8, 4) is 0 Å². The SMILES string of the molecule is C[Si](C)(C)O[Si](C)(C)CCCOC(=O)/C=C/C(=O)OCc1ccccc1. The maximum Gasteiger partial charge on any atom is 0.331 e. The topological polar surface area (TPSA) is 61.8 Å². The third-order valence-corrected chi connectivity index (χ3v) is 9.55. The number of hydrogen-bond acceptors (Lipinski definition) is 5. The summed E-state index contributed by atoms with van der Waals surface area (Å²) in [5.74, 6) is -1.10. The fraction of sp³-hybridized carbons (Fsp3) is 0.474. The number of carbonyl (C=O) groups is 2. The van der Waals surface area contributed by atoms with Gasteiger partial charge in [-0.25, -0.2) is 9.59 Å². The molecule has 26 heavy (non-hydrogen) atoms. The highest BCUT2D eigenvalue weighted by Gasteiger charge is 2.28. The largest absolute Gasteiger partial charge is 0.463 e. The molecule has 1 aromatic carbocycles. The van der Waals surface area contributed by atoms with Crippen LogP contribution in [-0.2, 0) is 29.8 Å². The van der Waals surface area contributed by atoms with Gasteiger partial charge in [-0.05, 0) is 50.8 Å². The van der Waals surface area contributed by atoms with Gasteiger partial charge in [-0.3, -0.25) is 0 Å². The molecule has 0 aliphatic carbocycles. The van der Waals surface area contributed by atoms with Crippen molar-refractivity contribution < 1.29 is 23.2 Å². The fourth-order valence-corrected chi connectivity index (χ4v) is 10.5. The molecule has 0 unspecified atom stereocenters. The Labute approximate surface area is 158 Å². The van der Waals surface area contributed by atoms with Crippen LogP contribution in [0, 0.1) is 0 Å². The standard InChI is InChI=1S/C19H30O5Si2/c1-25(2,3)24-26(4,5)15-9-14-22-18(20)12-13-19(21)23-16-17-10-7-6-8-11-17/h6-8,10-13H,9,14-16H2,1-5H3/b13-12+. The van der Waals surface area contributed by atoms with Crippen molar-refractivity contribution in [1.82, 2.24) is 0 Å². The lowest BCUT2D eigenvalue weighted by Gasteiger charge is -2.31. The molecule has 0 aliphatic heterocycles. The van der Waals surface area contributed by atoms with Gasteiger partial charge in [-0.2, -0.15) is 0 Å².